The van der Waals surface area contributed by atoms with E-state index in [1.165, 1.54) is 11.1 Å². The van der Waals surface area contributed by atoms with Gasteiger partial charge in [0.2, 0.25) is 5.91 Å². The van der Waals surface area contributed by atoms with Crippen LogP contribution in [0.1, 0.15) is 56.7 Å². The Hall–Kier alpha value is -2.57. The summed E-state index contributed by atoms with van der Waals surface area (Å²) in [5, 5.41) is 3.59. The zero-order chi connectivity index (χ0) is 24.3. The van der Waals surface area contributed by atoms with E-state index in [9.17, 15) is 9.59 Å². The van der Waals surface area contributed by atoms with Gasteiger partial charge in [0.15, 0.2) is 0 Å². The Morgan fingerprint density at radius 3 is 2.59 bits per heavy atom. The number of carbonyl (C=O) groups excluding carboxylic acids is 2. The van der Waals surface area contributed by atoms with Gasteiger partial charge in [-0.25, -0.2) is 4.79 Å². The number of nitrogens with zero attached hydrogens (tertiary/aromatic N) is 2. The number of rotatable bonds is 4. The molecule has 4 rings (SSSR count). The van der Waals surface area contributed by atoms with E-state index in [2.05, 4.69) is 34.5 Å². The number of benzene rings is 2. The fourth-order valence-corrected chi connectivity index (χ4v) is 4.89. The standard InChI is InChI=1S/C27H34ClN3O3/c1-27(2,3)34-26(33)31-14-7-6-10-24(31)25(32)29-22-12-11-21(23(28)16-22)18-30-15-13-19-8-4-5-9-20(19)17-30/h4-5,8-9,11-12,16,24H,6-7,10,13-15,17-18H2,1-3H3,(H,29,32)/t24-/m1/s1. The Balaban J connectivity index is 1.39. The third kappa shape index (κ3) is 6.10. The fourth-order valence-electron chi connectivity index (χ4n) is 4.65. The van der Waals surface area contributed by atoms with E-state index in [4.69, 9.17) is 16.3 Å². The maximum absolute atomic E-state index is 13.1. The van der Waals surface area contributed by atoms with Crippen molar-refractivity contribution in [2.24, 2.45) is 0 Å². The van der Waals surface area contributed by atoms with Gasteiger partial charge in [0.25, 0.3) is 0 Å². The van der Waals surface area contributed by atoms with Gasteiger partial charge in [0.1, 0.15) is 11.6 Å². The van der Waals surface area contributed by atoms with E-state index >= 15 is 0 Å². The minimum Gasteiger partial charge on any atom is -0.444 e. The summed E-state index contributed by atoms with van der Waals surface area (Å²) in [4.78, 5) is 29.7. The van der Waals surface area contributed by atoms with Crippen LogP contribution in [0.15, 0.2) is 42.5 Å². The summed E-state index contributed by atoms with van der Waals surface area (Å²) in [6, 6.07) is 13.7. The number of anilines is 1. The van der Waals surface area contributed by atoms with Gasteiger partial charge in [-0.15, -0.1) is 0 Å². The van der Waals surface area contributed by atoms with Gasteiger partial charge in [-0.05, 0) is 75.3 Å². The van der Waals surface area contributed by atoms with Crippen LogP contribution in [0.4, 0.5) is 10.5 Å². The summed E-state index contributed by atoms with van der Waals surface area (Å²) < 4.78 is 5.52. The molecule has 1 atom stereocenters. The molecule has 6 nitrogen and oxygen atoms in total. The minimum absolute atomic E-state index is 0.206. The predicted octanol–water partition coefficient (Wildman–Crippen LogP) is 5.63. The van der Waals surface area contributed by atoms with Crippen molar-refractivity contribution in [1.29, 1.82) is 0 Å². The van der Waals surface area contributed by atoms with Gasteiger partial charge >= 0.3 is 6.09 Å². The average molecular weight is 484 g/mol. The lowest BCUT2D eigenvalue weighted by atomic mass is 9.99. The molecule has 0 saturated carbocycles. The quantitative estimate of drug-likeness (QED) is 0.612. The van der Waals surface area contributed by atoms with Crippen LogP contribution in [0.3, 0.4) is 0 Å². The number of ether oxygens (including phenoxy) is 1. The molecule has 0 aromatic heterocycles. The summed E-state index contributed by atoms with van der Waals surface area (Å²) in [5.74, 6) is -0.206. The molecule has 1 fully saturated rings. The lowest BCUT2D eigenvalue weighted by Crippen LogP contribution is -2.51. The number of likely N-dealkylation sites (tertiary alicyclic amines) is 1. The van der Waals surface area contributed by atoms with Crippen LogP contribution in [0.2, 0.25) is 5.02 Å². The highest BCUT2D eigenvalue weighted by Gasteiger charge is 2.35. The number of hydrogen-bond acceptors (Lipinski definition) is 4. The zero-order valence-corrected chi connectivity index (χ0v) is 21.0. The van der Waals surface area contributed by atoms with Gasteiger partial charge in [0, 0.05) is 36.9 Å². The first-order valence-corrected chi connectivity index (χ1v) is 12.5. The second kappa shape index (κ2) is 10.4. The van der Waals surface area contributed by atoms with E-state index < -0.39 is 17.7 Å². The number of hydrogen-bond donors (Lipinski definition) is 1. The molecular weight excluding hydrogens is 450 g/mol. The number of amides is 2. The molecule has 2 heterocycles. The highest BCUT2D eigenvalue weighted by atomic mass is 35.5. The third-order valence-electron chi connectivity index (χ3n) is 6.36. The molecule has 2 aromatic carbocycles. The largest absolute Gasteiger partial charge is 0.444 e. The first-order valence-electron chi connectivity index (χ1n) is 12.1. The number of fused-ring (bicyclic) bond motifs is 1. The van der Waals surface area contributed by atoms with Crippen molar-refractivity contribution in [2.45, 2.75) is 71.2 Å². The summed E-state index contributed by atoms with van der Waals surface area (Å²) in [7, 11) is 0. The molecule has 2 aliphatic rings. The normalized spacial score (nSPS) is 18.8. The highest BCUT2D eigenvalue weighted by Crippen LogP contribution is 2.27. The first-order chi connectivity index (χ1) is 16.2. The lowest BCUT2D eigenvalue weighted by molar-refractivity contribution is -0.122. The zero-order valence-electron chi connectivity index (χ0n) is 20.3. The Bertz CT molecular complexity index is 1050. The molecule has 1 saturated heterocycles. The van der Waals surface area contributed by atoms with Crippen molar-refractivity contribution in [3.8, 4) is 0 Å². The summed E-state index contributed by atoms with van der Waals surface area (Å²) in [6.45, 7) is 8.67. The Kier molecular flexibility index (Phi) is 7.48. The molecule has 2 aliphatic heterocycles. The van der Waals surface area contributed by atoms with Gasteiger partial charge in [-0.1, -0.05) is 41.9 Å². The number of carbonyl (C=O) groups is 2. The van der Waals surface area contributed by atoms with Crippen LogP contribution >= 0.6 is 11.6 Å². The van der Waals surface area contributed by atoms with Gasteiger partial charge in [0.05, 0.1) is 0 Å². The maximum Gasteiger partial charge on any atom is 0.410 e. The summed E-state index contributed by atoms with van der Waals surface area (Å²) in [5.41, 5.74) is 3.86. The van der Waals surface area contributed by atoms with Crippen molar-refractivity contribution >= 4 is 29.3 Å². The SMILES string of the molecule is CC(C)(C)OC(=O)N1CCCC[C@@H]1C(=O)Nc1ccc(CN2CCc3ccccc3C2)c(Cl)c1. The van der Waals surface area contributed by atoms with Gasteiger partial charge in [-0.2, -0.15) is 0 Å². The van der Waals surface area contributed by atoms with E-state index in [1.807, 2.05) is 32.9 Å². The molecule has 2 amide bonds. The maximum atomic E-state index is 13.1. The molecule has 0 radical (unpaired) electrons. The van der Waals surface area contributed by atoms with Crippen molar-refractivity contribution in [2.75, 3.05) is 18.4 Å². The molecule has 182 valence electrons. The van der Waals surface area contributed by atoms with Crippen molar-refractivity contribution in [3.05, 3.63) is 64.2 Å². The van der Waals surface area contributed by atoms with Gasteiger partial charge in [-0.3, -0.25) is 14.6 Å². The van der Waals surface area contributed by atoms with Crippen LogP contribution in [-0.4, -0.2) is 46.5 Å². The Morgan fingerprint density at radius 2 is 1.85 bits per heavy atom. The second-order valence-corrected chi connectivity index (χ2v) is 10.6. The fraction of sp³-hybridized carbons (Fsp3) is 0.481. The number of piperidine rings is 1. The van der Waals surface area contributed by atoms with Crippen molar-refractivity contribution in [1.82, 2.24) is 9.80 Å². The smallest absolute Gasteiger partial charge is 0.410 e. The Morgan fingerprint density at radius 1 is 1.09 bits per heavy atom. The minimum atomic E-state index is -0.602. The first kappa shape index (κ1) is 24.6. The van der Waals surface area contributed by atoms with E-state index in [0.717, 1.165) is 44.5 Å². The molecule has 34 heavy (non-hydrogen) atoms. The monoisotopic (exact) mass is 483 g/mol. The van der Waals surface area contributed by atoms with Crippen LogP contribution in [0.25, 0.3) is 0 Å². The van der Waals surface area contributed by atoms with Crippen LogP contribution in [0, 0.1) is 0 Å². The van der Waals surface area contributed by atoms with Gasteiger partial charge < -0.3 is 10.1 Å². The molecule has 0 unspecified atom stereocenters. The third-order valence-corrected chi connectivity index (χ3v) is 6.71. The molecule has 0 spiro atoms. The summed E-state index contributed by atoms with van der Waals surface area (Å²) in [6.07, 6.45) is 2.98. The Labute approximate surface area is 207 Å². The number of nitrogens with one attached hydrogen (secondary N) is 1. The average Bonchev–Trinajstić information content (AvgIpc) is 2.79. The van der Waals surface area contributed by atoms with Crippen LogP contribution in [0.5, 0.6) is 0 Å². The van der Waals surface area contributed by atoms with E-state index in [-0.39, 0.29) is 5.91 Å². The lowest BCUT2D eigenvalue weighted by Gasteiger charge is -2.35. The van der Waals surface area contributed by atoms with Crippen molar-refractivity contribution < 1.29 is 14.3 Å². The predicted molar refractivity (Wildman–Crippen MR) is 135 cm³/mol. The van der Waals surface area contributed by atoms with Crippen LogP contribution < -0.4 is 5.32 Å². The molecule has 0 bridgehead atoms. The van der Waals surface area contributed by atoms with Crippen molar-refractivity contribution in [3.63, 3.8) is 0 Å². The number of halogens is 1. The van der Waals surface area contributed by atoms with E-state index in [0.29, 0.717) is 23.7 Å². The van der Waals surface area contributed by atoms with Crippen LogP contribution in [-0.2, 0) is 29.0 Å². The molecule has 2 aromatic rings. The second-order valence-electron chi connectivity index (χ2n) is 10.2. The molecule has 7 heteroatoms. The summed E-state index contributed by atoms with van der Waals surface area (Å²) >= 11 is 6.61. The topological polar surface area (TPSA) is 61.9 Å². The molecular formula is C27H34ClN3O3. The molecule has 1 N–H and O–H groups in total. The van der Waals surface area contributed by atoms with E-state index in [1.54, 1.807) is 11.0 Å². The highest BCUT2D eigenvalue weighted by molar-refractivity contribution is 6.31. The molecule has 0 aliphatic carbocycles.